The highest BCUT2D eigenvalue weighted by Crippen LogP contribution is 2.46. The number of carbonyl (C=O) groups is 2. The van der Waals surface area contributed by atoms with Crippen molar-refractivity contribution >= 4 is 32.9 Å². The molecular weight excluding hydrogens is 552 g/mol. The van der Waals surface area contributed by atoms with Crippen molar-refractivity contribution in [2.45, 2.75) is 69.9 Å². The Morgan fingerprint density at radius 2 is 1.71 bits per heavy atom. The second-order valence-electron chi connectivity index (χ2n) is 12.1. The summed E-state index contributed by atoms with van der Waals surface area (Å²) in [5, 5.41) is 4.46. The molecule has 0 unspecified atom stereocenters. The summed E-state index contributed by atoms with van der Waals surface area (Å²) in [7, 11) is -1.17. The van der Waals surface area contributed by atoms with Crippen molar-refractivity contribution in [3.8, 4) is 11.3 Å². The quantitative estimate of drug-likeness (QED) is 0.442. The van der Waals surface area contributed by atoms with Crippen LogP contribution in [0.5, 0.6) is 0 Å². The van der Waals surface area contributed by atoms with E-state index < -0.39 is 16.1 Å². The number of nitrogens with zero attached hydrogens (tertiary/aromatic N) is 2. The first-order chi connectivity index (χ1) is 20.2. The molecule has 3 heterocycles. The van der Waals surface area contributed by atoms with Crippen molar-refractivity contribution in [1.82, 2.24) is 18.9 Å². The first kappa shape index (κ1) is 28.9. The SMILES string of the molecule is CN(C)S(=O)(=O)NC(=O)c1ccc2c(C3CCCCC3)c3n(c2c1)C[C@H](NC(=O)C1CCOCC1)Cc1ccccc1-3. The maximum absolute atomic E-state index is 13.4. The van der Waals surface area contributed by atoms with Gasteiger partial charge in [-0.2, -0.15) is 12.7 Å². The maximum Gasteiger partial charge on any atom is 0.303 e. The molecule has 2 amide bonds. The number of hydrogen-bond donors (Lipinski definition) is 2. The number of aromatic nitrogens is 1. The molecule has 9 nitrogen and oxygen atoms in total. The van der Waals surface area contributed by atoms with Gasteiger partial charge in [0.15, 0.2) is 0 Å². The summed E-state index contributed by atoms with van der Waals surface area (Å²) in [6.45, 7) is 1.78. The van der Waals surface area contributed by atoms with Crippen LogP contribution in [0.25, 0.3) is 22.2 Å². The molecule has 1 saturated heterocycles. The predicted octanol–water partition coefficient (Wildman–Crippen LogP) is 4.36. The Labute approximate surface area is 247 Å². The van der Waals surface area contributed by atoms with E-state index in [4.69, 9.17) is 4.74 Å². The van der Waals surface area contributed by atoms with Gasteiger partial charge in [-0.3, -0.25) is 9.59 Å². The van der Waals surface area contributed by atoms with Gasteiger partial charge in [0.1, 0.15) is 0 Å². The fraction of sp³-hybridized carbons (Fsp3) is 0.500. The summed E-state index contributed by atoms with van der Waals surface area (Å²) >= 11 is 0. The summed E-state index contributed by atoms with van der Waals surface area (Å²) in [5.74, 6) is -0.251. The molecule has 6 rings (SSSR count). The van der Waals surface area contributed by atoms with Crippen LogP contribution in [0.15, 0.2) is 42.5 Å². The van der Waals surface area contributed by atoms with Crippen molar-refractivity contribution in [2.24, 2.45) is 5.92 Å². The van der Waals surface area contributed by atoms with Gasteiger partial charge in [-0.15, -0.1) is 0 Å². The van der Waals surface area contributed by atoms with Crippen molar-refractivity contribution in [3.63, 3.8) is 0 Å². The van der Waals surface area contributed by atoms with E-state index in [0.717, 1.165) is 46.6 Å². The number of rotatable bonds is 6. The van der Waals surface area contributed by atoms with Crippen molar-refractivity contribution < 1.29 is 22.7 Å². The minimum atomic E-state index is -3.94. The second-order valence-corrected chi connectivity index (χ2v) is 14.0. The minimum Gasteiger partial charge on any atom is -0.381 e. The summed E-state index contributed by atoms with van der Waals surface area (Å²) in [6.07, 6.45) is 8.00. The van der Waals surface area contributed by atoms with Crippen LogP contribution < -0.4 is 10.0 Å². The van der Waals surface area contributed by atoms with E-state index in [1.54, 1.807) is 6.07 Å². The monoisotopic (exact) mass is 592 g/mol. The molecule has 0 bridgehead atoms. The molecule has 10 heteroatoms. The molecule has 0 radical (unpaired) electrons. The van der Waals surface area contributed by atoms with Gasteiger partial charge in [-0.25, -0.2) is 4.72 Å². The summed E-state index contributed by atoms with van der Waals surface area (Å²) < 4.78 is 35.7. The molecular formula is C32H40N4O5S. The molecule has 1 atom stereocenters. The molecule has 2 N–H and O–H groups in total. The third-order valence-corrected chi connectivity index (χ3v) is 10.6. The summed E-state index contributed by atoms with van der Waals surface area (Å²) in [4.78, 5) is 26.5. The molecule has 0 spiro atoms. The molecule has 1 aliphatic carbocycles. The Morgan fingerprint density at radius 1 is 0.976 bits per heavy atom. The zero-order valence-corrected chi connectivity index (χ0v) is 25.2. The highest BCUT2D eigenvalue weighted by atomic mass is 32.2. The van der Waals surface area contributed by atoms with Gasteiger partial charge in [0, 0.05) is 61.8 Å². The van der Waals surface area contributed by atoms with Crippen molar-refractivity contribution in [1.29, 1.82) is 0 Å². The number of ether oxygens (including phenoxy) is 1. The number of nitrogens with one attached hydrogen (secondary N) is 2. The third kappa shape index (κ3) is 5.59. The van der Waals surface area contributed by atoms with Gasteiger partial charge in [-0.05, 0) is 61.3 Å². The Balaban J connectivity index is 1.47. The van der Waals surface area contributed by atoms with E-state index >= 15 is 0 Å². The van der Waals surface area contributed by atoms with Crippen molar-refractivity contribution in [2.75, 3.05) is 27.3 Å². The Morgan fingerprint density at radius 3 is 2.45 bits per heavy atom. The molecule has 2 aromatic carbocycles. The number of benzene rings is 2. The van der Waals surface area contributed by atoms with Crippen LogP contribution in [0, 0.1) is 5.92 Å². The number of fused-ring (bicyclic) bond motifs is 5. The van der Waals surface area contributed by atoms with Gasteiger partial charge in [0.05, 0.1) is 11.7 Å². The standard InChI is InChI=1S/C32H40N4O5S/c1-35(2)42(39,40)34-32(38)24-12-13-27-28(19-24)36-20-25(33-31(37)22-14-16-41-17-15-22)18-23-10-6-7-11-26(23)30(36)29(27)21-8-4-3-5-9-21/h6-7,10-13,19,21-22,25H,3-5,8-9,14-18,20H2,1-2H3,(H,33,37)(H,34,38)/t25-/m1/s1. The zero-order chi connectivity index (χ0) is 29.4. The first-order valence-electron chi connectivity index (χ1n) is 15.1. The second kappa shape index (κ2) is 11.8. The van der Waals surface area contributed by atoms with Crippen LogP contribution in [0.3, 0.4) is 0 Å². The highest BCUT2D eigenvalue weighted by Gasteiger charge is 2.33. The Bertz CT molecular complexity index is 1600. The number of hydrogen-bond acceptors (Lipinski definition) is 5. The van der Waals surface area contributed by atoms with Crippen LogP contribution in [0.4, 0.5) is 0 Å². The van der Waals surface area contributed by atoms with Crippen LogP contribution in [-0.4, -0.2) is 62.5 Å². The van der Waals surface area contributed by atoms with Crippen LogP contribution >= 0.6 is 0 Å². The van der Waals surface area contributed by atoms with E-state index in [0.29, 0.717) is 32.1 Å². The fourth-order valence-corrected chi connectivity index (χ4v) is 7.46. The molecule has 3 aromatic rings. The third-order valence-electron chi connectivity index (χ3n) is 9.16. The van der Waals surface area contributed by atoms with Gasteiger partial charge in [0.2, 0.25) is 5.91 Å². The lowest BCUT2D eigenvalue weighted by atomic mass is 9.81. The Hall–Kier alpha value is -3.21. The lowest BCUT2D eigenvalue weighted by molar-refractivity contribution is -0.128. The van der Waals surface area contributed by atoms with Gasteiger partial charge >= 0.3 is 10.2 Å². The minimum absolute atomic E-state index is 0.0510. The van der Waals surface area contributed by atoms with E-state index in [-0.39, 0.29) is 23.4 Å². The summed E-state index contributed by atoms with van der Waals surface area (Å²) in [6, 6.07) is 13.8. The predicted molar refractivity (Wildman–Crippen MR) is 162 cm³/mol. The van der Waals surface area contributed by atoms with E-state index in [2.05, 4.69) is 38.9 Å². The topological polar surface area (TPSA) is 110 Å². The Kier molecular flexibility index (Phi) is 8.13. The molecule has 2 aliphatic heterocycles. The fourth-order valence-electron chi connectivity index (χ4n) is 6.92. The van der Waals surface area contributed by atoms with Crippen molar-refractivity contribution in [3.05, 3.63) is 59.2 Å². The molecule has 2 fully saturated rings. The van der Waals surface area contributed by atoms with Gasteiger partial charge in [-0.1, -0.05) is 49.6 Å². The maximum atomic E-state index is 13.4. The largest absolute Gasteiger partial charge is 0.381 e. The lowest BCUT2D eigenvalue weighted by Crippen LogP contribution is -2.43. The van der Waals surface area contributed by atoms with E-state index in [1.807, 2.05) is 12.1 Å². The first-order valence-corrected chi connectivity index (χ1v) is 16.5. The molecule has 42 heavy (non-hydrogen) atoms. The lowest BCUT2D eigenvalue weighted by Gasteiger charge is -2.25. The highest BCUT2D eigenvalue weighted by molar-refractivity contribution is 7.87. The van der Waals surface area contributed by atoms with Crippen LogP contribution in [0.1, 0.15) is 72.3 Å². The number of carbonyl (C=O) groups excluding carboxylic acids is 2. The molecule has 1 aromatic heterocycles. The normalized spacial score (nSPS) is 20.1. The smallest absolute Gasteiger partial charge is 0.303 e. The molecule has 224 valence electrons. The zero-order valence-electron chi connectivity index (χ0n) is 24.4. The molecule has 1 saturated carbocycles. The van der Waals surface area contributed by atoms with Crippen LogP contribution in [0.2, 0.25) is 0 Å². The van der Waals surface area contributed by atoms with Gasteiger partial charge in [0.25, 0.3) is 5.91 Å². The van der Waals surface area contributed by atoms with Crippen LogP contribution in [-0.2, 0) is 32.7 Å². The number of amides is 2. The van der Waals surface area contributed by atoms with Gasteiger partial charge < -0.3 is 14.6 Å². The summed E-state index contributed by atoms with van der Waals surface area (Å²) in [5.41, 5.74) is 6.00. The average molecular weight is 593 g/mol. The van der Waals surface area contributed by atoms with E-state index in [1.165, 1.54) is 50.0 Å². The average Bonchev–Trinajstić information content (AvgIpc) is 3.21. The van der Waals surface area contributed by atoms with E-state index in [9.17, 15) is 18.0 Å². The molecule has 3 aliphatic rings.